The molecule has 0 fully saturated rings. The lowest BCUT2D eigenvalue weighted by Crippen LogP contribution is -2.16. The molecule has 0 saturated heterocycles. The first-order valence-electron chi connectivity index (χ1n) is 6.79. The smallest absolute Gasteiger partial charge is 0.276 e. The number of amides is 1. The van der Waals surface area contributed by atoms with E-state index in [9.17, 15) is 13.6 Å². The molecule has 6 heteroatoms. The summed E-state index contributed by atoms with van der Waals surface area (Å²) in [7, 11) is 0. The van der Waals surface area contributed by atoms with Crippen molar-refractivity contribution in [3.8, 4) is 11.3 Å². The first-order chi connectivity index (χ1) is 11.1. The van der Waals surface area contributed by atoms with Crippen molar-refractivity contribution in [3.05, 3.63) is 78.0 Å². The topological polar surface area (TPSA) is 54.9 Å². The number of nitrogens with one attached hydrogen (secondary N) is 1. The Bertz CT molecular complexity index is 816. The predicted octanol–water partition coefficient (Wildman–Crippen LogP) is 3.67. The van der Waals surface area contributed by atoms with Crippen LogP contribution in [-0.4, -0.2) is 16.1 Å². The molecule has 114 valence electrons. The molecule has 3 rings (SSSR count). The number of aromatic nitrogens is 2. The Labute approximate surface area is 130 Å². The molecule has 0 aliphatic rings. The fraction of sp³-hybridized carbons (Fsp3) is 0. The summed E-state index contributed by atoms with van der Waals surface area (Å²) in [5.74, 6) is -2.44. The van der Waals surface area contributed by atoms with Gasteiger partial charge in [-0.3, -0.25) is 4.79 Å². The summed E-state index contributed by atoms with van der Waals surface area (Å²) >= 11 is 0. The van der Waals surface area contributed by atoms with Crippen molar-refractivity contribution in [2.75, 3.05) is 5.32 Å². The van der Waals surface area contributed by atoms with Crippen LogP contribution in [-0.2, 0) is 0 Å². The number of anilines is 1. The molecular formula is C17H11F2N3O. The summed E-state index contributed by atoms with van der Waals surface area (Å²) in [6.07, 6.45) is 0. The van der Waals surface area contributed by atoms with E-state index < -0.39 is 23.2 Å². The zero-order valence-corrected chi connectivity index (χ0v) is 11.8. The third-order valence-corrected chi connectivity index (χ3v) is 3.17. The quantitative estimate of drug-likeness (QED) is 0.803. The summed E-state index contributed by atoms with van der Waals surface area (Å²) in [5.41, 5.74) is 0.907. The van der Waals surface area contributed by atoms with E-state index in [1.807, 2.05) is 30.3 Å². The van der Waals surface area contributed by atoms with E-state index in [2.05, 4.69) is 15.5 Å². The van der Waals surface area contributed by atoms with E-state index in [0.29, 0.717) is 5.69 Å². The molecule has 1 aromatic heterocycles. The Balaban J connectivity index is 1.81. The van der Waals surface area contributed by atoms with Gasteiger partial charge in [-0.2, -0.15) is 0 Å². The Kier molecular flexibility index (Phi) is 4.05. The van der Waals surface area contributed by atoms with Crippen molar-refractivity contribution in [1.29, 1.82) is 0 Å². The highest BCUT2D eigenvalue weighted by molar-refractivity contribution is 6.02. The number of carbonyl (C=O) groups excluding carboxylic acids is 1. The van der Waals surface area contributed by atoms with Gasteiger partial charge in [-0.05, 0) is 24.3 Å². The lowest BCUT2D eigenvalue weighted by molar-refractivity contribution is 0.102. The van der Waals surface area contributed by atoms with E-state index in [4.69, 9.17) is 0 Å². The molecule has 0 saturated carbocycles. The van der Waals surface area contributed by atoms with Gasteiger partial charge in [0, 0.05) is 5.56 Å². The number of para-hydroxylation sites is 1. The molecule has 4 nitrogen and oxygen atoms in total. The minimum atomic E-state index is -0.854. The van der Waals surface area contributed by atoms with Gasteiger partial charge in [-0.25, -0.2) is 8.78 Å². The number of rotatable bonds is 3. The zero-order chi connectivity index (χ0) is 16.2. The third-order valence-electron chi connectivity index (χ3n) is 3.17. The van der Waals surface area contributed by atoms with Crippen LogP contribution in [0.3, 0.4) is 0 Å². The lowest BCUT2D eigenvalue weighted by atomic mass is 10.1. The number of benzene rings is 2. The van der Waals surface area contributed by atoms with Crippen molar-refractivity contribution in [2.45, 2.75) is 0 Å². The molecule has 0 aliphatic heterocycles. The number of hydrogen-bond acceptors (Lipinski definition) is 3. The molecule has 0 unspecified atom stereocenters. The van der Waals surface area contributed by atoms with Crippen molar-refractivity contribution in [3.63, 3.8) is 0 Å². The fourth-order valence-electron chi connectivity index (χ4n) is 2.01. The minimum Gasteiger partial charge on any atom is -0.316 e. The second-order valence-electron chi connectivity index (χ2n) is 4.72. The van der Waals surface area contributed by atoms with Crippen LogP contribution in [0.2, 0.25) is 0 Å². The maximum absolute atomic E-state index is 13.5. The normalized spacial score (nSPS) is 10.3. The van der Waals surface area contributed by atoms with Gasteiger partial charge in [0.2, 0.25) is 0 Å². The monoisotopic (exact) mass is 311 g/mol. The highest BCUT2D eigenvalue weighted by atomic mass is 19.1. The van der Waals surface area contributed by atoms with E-state index in [1.54, 1.807) is 6.07 Å². The summed E-state index contributed by atoms with van der Waals surface area (Å²) < 4.78 is 27.0. The Morgan fingerprint density at radius 2 is 1.52 bits per heavy atom. The highest BCUT2D eigenvalue weighted by Crippen LogP contribution is 2.19. The first-order valence-corrected chi connectivity index (χ1v) is 6.79. The van der Waals surface area contributed by atoms with Gasteiger partial charge in [-0.1, -0.05) is 36.4 Å². The van der Waals surface area contributed by atoms with Gasteiger partial charge in [0.15, 0.2) is 5.69 Å². The average Bonchev–Trinajstić information content (AvgIpc) is 2.59. The number of carbonyl (C=O) groups is 1. The van der Waals surface area contributed by atoms with Gasteiger partial charge in [0.05, 0.1) is 5.69 Å². The molecule has 1 amide bonds. The molecule has 0 atom stereocenters. The van der Waals surface area contributed by atoms with Crippen LogP contribution in [0.25, 0.3) is 11.3 Å². The van der Waals surface area contributed by atoms with Gasteiger partial charge in [0.1, 0.15) is 17.3 Å². The van der Waals surface area contributed by atoms with Crippen LogP contribution in [0, 0.1) is 11.6 Å². The van der Waals surface area contributed by atoms with Crippen molar-refractivity contribution in [2.24, 2.45) is 0 Å². The van der Waals surface area contributed by atoms with Crippen molar-refractivity contribution in [1.82, 2.24) is 10.2 Å². The van der Waals surface area contributed by atoms with E-state index in [1.165, 1.54) is 12.1 Å². The van der Waals surface area contributed by atoms with Gasteiger partial charge in [-0.15, -0.1) is 10.2 Å². The van der Waals surface area contributed by atoms with Crippen LogP contribution >= 0.6 is 0 Å². The zero-order valence-electron chi connectivity index (χ0n) is 11.8. The third kappa shape index (κ3) is 3.21. The molecule has 0 radical (unpaired) electrons. The molecule has 0 spiro atoms. The lowest BCUT2D eigenvalue weighted by Gasteiger charge is -2.07. The predicted molar refractivity (Wildman–Crippen MR) is 81.8 cm³/mol. The van der Waals surface area contributed by atoms with E-state index >= 15 is 0 Å². The Hall–Kier alpha value is -3.15. The number of hydrogen-bond donors (Lipinski definition) is 1. The molecule has 3 aromatic rings. The SMILES string of the molecule is O=C(Nc1c(F)cccc1F)c1ccc(-c2ccccc2)nn1. The Morgan fingerprint density at radius 1 is 0.826 bits per heavy atom. The Morgan fingerprint density at radius 3 is 2.13 bits per heavy atom. The van der Waals surface area contributed by atoms with Crippen LogP contribution in [0.4, 0.5) is 14.5 Å². The second-order valence-corrected chi connectivity index (χ2v) is 4.72. The summed E-state index contributed by atoms with van der Waals surface area (Å²) in [6.45, 7) is 0. The van der Waals surface area contributed by atoms with Crippen LogP contribution in [0.5, 0.6) is 0 Å². The number of nitrogens with zero attached hydrogens (tertiary/aromatic N) is 2. The molecule has 0 bridgehead atoms. The molecule has 1 heterocycles. The summed E-state index contributed by atoms with van der Waals surface area (Å²) in [5, 5.41) is 9.92. The van der Waals surface area contributed by atoms with Crippen molar-refractivity contribution < 1.29 is 13.6 Å². The van der Waals surface area contributed by atoms with Crippen LogP contribution < -0.4 is 5.32 Å². The second kappa shape index (κ2) is 6.31. The highest BCUT2D eigenvalue weighted by Gasteiger charge is 2.15. The van der Waals surface area contributed by atoms with Gasteiger partial charge in [0.25, 0.3) is 5.91 Å². The average molecular weight is 311 g/mol. The summed E-state index contributed by atoms with van der Waals surface area (Å²) in [6, 6.07) is 15.7. The van der Waals surface area contributed by atoms with Gasteiger partial charge >= 0.3 is 0 Å². The largest absolute Gasteiger partial charge is 0.316 e. The van der Waals surface area contributed by atoms with Crippen molar-refractivity contribution >= 4 is 11.6 Å². The standard InChI is InChI=1S/C17H11F2N3O/c18-12-7-4-8-13(19)16(12)20-17(23)15-10-9-14(21-22-15)11-5-2-1-3-6-11/h1-10H,(H,20,23). The molecule has 0 aliphatic carbocycles. The maximum Gasteiger partial charge on any atom is 0.276 e. The van der Waals surface area contributed by atoms with E-state index in [-0.39, 0.29) is 5.69 Å². The number of halogens is 2. The fourth-order valence-corrected chi connectivity index (χ4v) is 2.01. The van der Waals surface area contributed by atoms with Crippen LogP contribution in [0.1, 0.15) is 10.5 Å². The van der Waals surface area contributed by atoms with E-state index in [0.717, 1.165) is 17.7 Å². The molecule has 1 N–H and O–H groups in total. The maximum atomic E-state index is 13.5. The van der Waals surface area contributed by atoms with Gasteiger partial charge < -0.3 is 5.32 Å². The molecule has 2 aromatic carbocycles. The summed E-state index contributed by atoms with van der Waals surface area (Å²) in [4.78, 5) is 12.0. The minimum absolute atomic E-state index is 0.0349. The molecular weight excluding hydrogens is 300 g/mol. The molecule has 23 heavy (non-hydrogen) atoms. The first kappa shape index (κ1) is 14.8. The van der Waals surface area contributed by atoms with Crippen LogP contribution in [0.15, 0.2) is 60.7 Å².